The number of carboxylic acids is 1. The third-order valence-electron chi connectivity index (χ3n) is 3.80. The Balaban J connectivity index is 0.000000260. The van der Waals surface area contributed by atoms with Crippen LogP contribution in [-0.2, 0) is 4.79 Å². The molecule has 0 amide bonds. The van der Waals surface area contributed by atoms with Gasteiger partial charge in [0.05, 0.1) is 17.3 Å². The van der Waals surface area contributed by atoms with Crippen LogP contribution in [0.25, 0.3) is 39.0 Å². The minimum absolute atomic E-state index is 0.0421. The molecule has 2 heterocycles. The van der Waals surface area contributed by atoms with E-state index in [0.717, 1.165) is 27.9 Å². The zero-order valence-electron chi connectivity index (χ0n) is 13.4. The van der Waals surface area contributed by atoms with Crippen LogP contribution >= 0.6 is 0 Å². The van der Waals surface area contributed by atoms with Crippen LogP contribution in [0.4, 0.5) is 13.2 Å². The van der Waals surface area contributed by atoms with Crippen molar-refractivity contribution in [2.24, 2.45) is 0 Å². The lowest BCUT2D eigenvalue weighted by Gasteiger charge is -2.09. The number of carboxylic acid groups (broad SMARTS) is 1. The first-order chi connectivity index (χ1) is 12.7. The summed E-state index contributed by atoms with van der Waals surface area (Å²) in [4.78, 5) is 17.7. The molecule has 9 heteroatoms. The quantitative estimate of drug-likeness (QED) is 0.321. The highest BCUT2D eigenvalue weighted by Gasteiger charge is 2.38. The van der Waals surface area contributed by atoms with E-state index in [-0.39, 0.29) is 5.75 Å². The monoisotopic (exact) mass is 376 g/mol. The number of aliphatic carboxylic acids is 1. The van der Waals surface area contributed by atoms with E-state index in [0.29, 0.717) is 16.3 Å². The number of aliphatic hydroxyl groups excluding tert-OH is 1. The van der Waals surface area contributed by atoms with Crippen molar-refractivity contribution < 1.29 is 33.3 Å². The van der Waals surface area contributed by atoms with Crippen LogP contribution in [0.15, 0.2) is 42.6 Å². The Labute approximate surface area is 148 Å². The molecule has 0 saturated heterocycles. The van der Waals surface area contributed by atoms with Crippen LogP contribution in [0, 0.1) is 0 Å². The summed E-state index contributed by atoms with van der Waals surface area (Å²) in [6.45, 7) is 0. The number of alkyl halides is 3. The van der Waals surface area contributed by atoms with Gasteiger partial charge in [0.2, 0.25) is 0 Å². The van der Waals surface area contributed by atoms with Crippen LogP contribution in [0.5, 0.6) is 5.75 Å². The smallest absolute Gasteiger partial charge is 0.490 e. The molecule has 138 valence electrons. The highest BCUT2D eigenvalue weighted by molar-refractivity contribution is 6.18. The molecule has 0 bridgehead atoms. The van der Waals surface area contributed by atoms with Gasteiger partial charge in [0.1, 0.15) is 11.3 Å². The first-order valence-corrected chi connectivity index (χ1v) is 7.47. The van der Waals surface area contributed by atoms with Crippen molar-refractivity contribution in [3.63, 3.8) is 0 Å². The van der Waals surface area contributed by atoms with Crippen molar-refractivity contribution in [1.82, 2.24) is 9.97 Å². The van der Waals surface area contributed by atoms with Crippen molar-refractivity contribution in [2.75, 3.05) is 0 Å². The molecule has 3 N–H and O–H groups in total. The Kier molecular flexibility index (Phi) is 4.44. The lowest BCUT2D eigenvalue weighted by atomic mass is 10.0. The first kappa shape index (κ1) is 18.2. The molecule has 27 heavy (non-hydrogen) atoms. The number of benzene rings is 2. The number of aromatic nitrogens is 2. The van der Waals surface area contributed by atoms with Crippen molar-refractivity contribution in [2.45, 2.75) is 6.18 Å². The number of hydrogen-bond acceptors (Lipinski definition) is 5. The number of rotatable bonds is 0. The number of para-hydroxylation sites is 1. The van der Waals surface area contributed by atoms with E-state index >= 15 is 0 Å². The molecule has 2 aromatic carbocycles. The number of nitrogens with zero attached hydrogens (tertiary/aromatic N) is 2. The van der Waals surface area contributed by atoms with E-state index in [9.17, 15) is 23.4 Å². The van der Waals surface area contributed by atoms with E-state index < -0.39 is 12.1 Å². The second-order valence-corrected chi connectivity index (χ2v) is 5.48. The van der Waals surface area contributed by atoms with E-state index in [2.05, 4.69) is 9.97 Å². The number of halogens is 3. The van der Waals surface area contributed by atoms with Gasteiger partial charge in [-0.05, 0) is 23.6 Å². The predicted molar refractivity (Wildman–Crippen MR) is 92.2 cm³/mol. The SMILES string of the molecule is O/C=c1\cc(O)c2nccc3c4ccccc4nc1c23.O=C(O)C(F)(F)F. The van der Waals surface area contributed by atoms with Gasteiger partial charge in [-0.15, -0.1) is 0 Å². The van der Waals surface area contributed by atoms with Gasteiger partial charge in [0.15, 0.2) is 0 Å². The summed E-state index contributed by atoms with van der Waals surface area (Å²) in [7, 11) is 0. The minimum atomic E-state index is -5.08. The Bertz CT molecular complexity index is 1220. The van der Waals surface area contributed by atoms with Crippen molar-refractivity contribution in [3.05, 3.63) is 47.8 Å². The molecule has 0 aliphatic heterocycles. The summed E-state index contributed by atoms with van der Waals surface area (Å²) >= 11 is 0. The van der Waals surface area contributed by atoms with Crippen LogP contribution in [0.3, 0.4) is 0 Å². The predicted octanol–water partition coefficient (Wildman–Crippen LogP) is 3.29. The molecule has 0 saturated carbocycles. The standard InChI is InChI=1S/C16H10N2O2.C2HF3O2/c19-8-9-7-13(20)16-14-11(5-6-17-16)10-3-1-2-4-12(10)18-15(9)14;3-2(4,5)1(6)7/h1-8,19-20H;(H,6,7)/b9-8+;. The van der Waals surface area contributed by atoms with Crippen molar-refractivity contribution >= 4 is 44.9 Å². The molecule has 0 radical (unpaired) electrons. The number of phenolic OH excluding ortho intramolecular Hbond substituents is 1. The first-order valence-electron chi connectivity index (χ1n) is 7.47. The number of aliphatic hydroxyl groups is 1. The highest BCUT2D eigenvalue weighted by atomic mass is 19.4. The largest absolute Gasteiger partial charge is 0.515 e. The molecule has 0 aliphatic rings. The van der Waals surface area contributed by atoms with Gasteiger partial charge < -0.3 is 15.3 Å². The number of hydrogen-bond donors (Lipinski definition) is 3. The molecule has 4 rings (SSSR count). The van der Waals surface area contributed by atoms with Gasteiger partial charge in [-0.1, -0.05) is 18.2 Å². The van der Waals surface area contributed by atoms with Gasteiger partial charge >= 0.3 is 12.1 Å². The second-order valence-electron chi connectivity index (χ2n) is 5.48. The van der Waals surface area contributed by atoms with E-state index in [1.54, 1.807) is 6.20 Å². The van der Waals surface area contributed by atoms with Gasteiger partial charge in [0.25, 0.3) is 0 Å². The molecule has 0 atom stereocenters. The highest BCUT2D eigenvalue weighted by Crippen LogP contribution is 2.32. The second kappa shape index (κ2) is 6.60. The van der Waals surface area contributed by atoms with Crippen LogP contribution in [0.1, 0.15) is 0 Å². The summed E-state index contributed by atoms with van der Waals surface area (Å²) in [6, 6.07) is 11.2. The molecule has 0 spiro atoms. The van der Waals surface area contributed by atoms with Crippen LogP contribution in [-0.4, -0.2) is 37.4 Å². The third-order valence-corrected chi connectivity index (χ3v) is 3.80. The lowest BCUT2D eigenvalue weighted by molar-refractivity contribution is -0.192. The van der Waals surface area contributed by atoms with Crippen molar-refractivity contribution in [1.29, 1.82) is 0 Å². The van der Waals surface area contributed by atoms with Crippen LogP contribution < -0.4 is 5.22 Å². The maximum atomic E-state index is 10.6. The molecular weight excluding hydrogens is 365 g/mol. The summed E-state index contributed by atoms with van der Waals surface area (Å²) in [6.07, 6.45) is -2.45. The fourth-order valence-electron chi connectivity index (χ4n) is 2.69. The van der Waals surface area contributed by atoms with Gasteiger partial charge in [-0.2, -0.15) is 13.2 Å². The number of phenols is 1. The van der Waals surface area contributed by atoms with E-state index in [1.165, 1.54) is 6.07 Å². The number of aromatic hydroxyl groups is 1. The lowest BCUT2D eigenvalue weighted by Crippen LogP contribution is -2.21. The van der Waals surface area contributed by atoms with E-state index in [1.807, 2.05) is 30.3 Å². The Morgan fingerprint density at radius 3 is 2.37 bits per heavy atom. The Hall–Kier alpha value is -3.62. The Morgan fingerprint density at radius 2 is 1.74 bits per heavy atom. The fraction of sp³-hybridized carbons (Fsp3) is 0.0556. The van der Waals surface area contributed by atoms with Crippen LogP contribution in [0.2, 0.25) is 0 Å². The molecule has 0 aliphatic carbocycles. The number of pyridine rings is 2. The molecule has 6 nitrogen and oxygen atoms in total. The van der Waals surface area contributed by atoms with Gasteiger partial charge in [-0.25, -0.2) is 9.78 Å². The molecule has 4 aromatic rings. The third kappa shape index (κ3) is 3.26. The number of carbonyl (C=O) groups is 1. The van der Waals surface area contributed by atoms with Gasteiger partial charge in [-0.3, -0.25) is 4.98 Å². The summed E-state index contributed by atoms with van der Waals surface area (Å²) in [5.41, 5.74) is 1.99. The topological polar surface area (TPSA) is 104 Å². The van der Waals surface area contributed by atoms with Gasteiger partial charge in [0, 0.05) is 22.2 Å². The molecule has 0 fully saturated rings. The molecule has 2 aromatic heterocycles. The zero-order valence-corrected chi connectivity index (χ0v) is 13.4. The zero-order chi connectivity index (χ0) is 19.8. The Morgan fingerprint density at radius 1 is 1.07 bits per heavy atom. The maximum absolute atomic E-state index is 10.6. The summed E-state index contributed by atoms with van der Waals surface area (Å²) in [5, 5.41) is 29.8. The molecular formula is C18H11F3N2O4. The summed E-state index contributed by atoms with van der Waals surface area (Å²) in [5.74, 6) is -2.71. The average Bonchev–Trinajstić information content (AvgIpc) is 2.64. The van der Waals surface area contributed by atoms with E-state index in [4.69, 9.17) is 9.90 Å². The normalized spacial score (nSPS) is 12.3. The summed E-state index contributed by atoms with van der Waals surface area (Å²) < 4.78 is 31.7. The van der Waals surface area contributed by atoms with Crippen molar-refractivity contribution in [3.8, 4) is 5.75 Å². The molecule has 0 unspecified atom stereocenters. The minimum Gasteiger partial charge on any atom is -0.515 e. The maximum Gasteiger partial charge on any atom is 0.490 e. The average molecular weight is 376 g/mol. The number of fused-ring (bicyclic) bond motifs is 2. The fourth-order valence-corrected chi connectivity index (χ4v) is 2.69.